The van der Waals surface area contributed by atoms with Crippen LogP contribution in [0.4, 0.5) is 5.69 Å². The molecule has 0 aliphatic carbocycles. The van der Waals surface area contributed by atoms with Crippen molar-refractivity contribution in [3.63, 3.8) is 0 Å². The predicted octanol–water partition coefficient (Wildman–Crippen LogP) is 0.972. The third kappa shape index (κ3) is 4.09. The average Bonchev–Trinajstić information content (AvgIpc) is 2.40. The van der Waals surface area contributed by atoms with Gasteiger partial charge in [0.05, 0.1) is 7.11 Å². The number of hydrogen-bond acceptors (Lipinski definition) is 5. The van der Waals surface area contributed by atoms with Crippen molar-refractivity contribution in [2.75, 3.05) is 38.3 Å². The molecule has 102 valence electrons. The van der Waals surface area contributed by atoms with Crippen molar-refractivity contribution < 1.29 is 20.1 Å². The number of methoxy groups -OCH3 is 1. The summed E-state index contributed by atoms with van der Waals surface area (Å²) in [5, 5.41) is 27.3. The molecule has 0 aliphatic heterocycles. The molecule has 0 aliphatic rings. The first-order chi connectivity index (χ1) is 8.72. The van der Waals surface area contributed by atoms with Crippen molar-refractivity contribution in [3.05, 3.63) is 18.2 Å². The van der Waals surface area contributed by atoms with Gasteiger partial charge in [-0.2, -0.15) is 0 Å². The van der Waals surface area contributed by atoms with E-state index in [9.17, 15) is 5.11 Å². The third-order valence-corrected chi connectivity index (χ3v) is 2.70. The van der Waals surface area contributed by atoms with E-state index in [1.165, 1.54) is 7.11 Å². The lowest BCUT2D eigenvalue weighted by molar-refractivity contribution is 0.282. The maximum atomic E-state index is 9.55. The first-order valence-corrected chi connectivity index (χ1v) is 6.06. The number of rotatable bonds is 8. The van der Waals surface area contributed by atoms with Crippen LogP contribution < -0.4 is 9.64 Å². The van der Waals surface area contributed by atoms with Crippen molar-refractivity contribution >= 4 is 5.69 Å². The smallest absolute Gasteiger partial charge is 0.162 e. The largest absolute Gasteiger partial charge is 0.504 e. The molecule has 18 heavy (non-hydrogen) atoms. The number of aliphatic hydroxyl groups is 2. The van der Waals surface area contributed by atoms with Crippen molar-refractivity contribution in [1.82, 2.24) is 0 Å². The molecule has 5 heteroatoms. The SMILES string of the molecule is COc1cc(N(CCCO)CCCO)ccc1O. The summed E-state index contributed by atoms with van der Waals surface area (Å²) in [6, 6.07) is 5.13. The Morgan fingerprint density at radius 1 is 1.11 bits per heavy atom. The van der Waals surface area contributed by atoms with E-state index in [2.05, 4.69) is 4.90 Å². The molecular formula is C13H21NO4. The van der Waals surface area contributed by atoms with E-state index < -0.39 is 0 Å². The Labute approximate surface area is 107 Å². The van der Waals surface area contributed by atoms with Crippen LogP contribution in [0.1, 0.15) is 12.8 Å². The van der Waals surface area contributed by atoms with Gasteiger partial charge in [0.2, 0.25) is 0 Å². The predicted molar refractivity (Wildman–Crippen MR) is 70.3 cm³/mol. The van der Waals surface area contributed by atoms with Crippen LogP contribution in [0.5, 0.6) is 11.5 Å². The molecule has 1 aromatic rings. The molecular weight excluding hydrogens is 234 g/mol. The first-order valence-electron chi connectivity index (χ1n) is 6.06. The standard InChI is InChI=1S/C13H21NO4/c1-18-13-10-11(4-5-12(13)17)14(6-2-8-15)7-3-9-16/h4-5,10,15-17H,2-3,6-9H2,1H3. The van der Waals surface area contributed by atoms with Crippen LogP contribution in [0.2, 0.25) is 0 Å². The zero-order valence-corrected chi connectivity index (χ0v) is 10.7. The topological polar surface area (TPSA) is 73.2 Å². The number of phenolic OH excluding ortho intramolecular Hbond substituents is 1. The van der Waals surface area contributed by atoms with E-state index >= 15 is 0 Å². The highest BCUT2D eigenvalue weighted by Crippen LogP contribution is 2.30. The van der Waals surface area contributed by atoms with Gasteiger partial charge < -0.3 is 25.0 Å². The number of nitrogens with zero attached hydrogens (tertiary/aromatic N) is 1. The highest BCUT2D eigenvalue weighted by Gasteiger charge is 2.09. The molecule has 0 saturated carbocycles. The maximum Gasteiger partial charge on any atom is 0.162 e. The van der Waals surface area contributed by atoms with E-state index in [1.54, 1.807) is 18.2 Å². The van der Waals surface area contributed by atoms with Crippen LogP contribution in [-0.4, -0.2) is 48.7 Å². The van der Waals surface area contributed by atoms with Crippen LogP contribution in [-0.2, 0) is 0 Å². The molecule has 0 atom stereocenters. The first kappa shape index (κ1) is 14.6. The van der Waals surface area contributed by atoms with Gasteiger partial charge >= 0.3 is 0 Å². The molecule has 1 aromatic carbocycles. The van der Waals surface area contributed by atoms with Gasteiger partial charge in [0, 0.05) is 38.1 Å². The fourth-order valence-corrected chi connectivity index (χ4v) is 1.76. The molecule has 0 amide bonds. The van der Waals surface area contributed by atoms with Gasteiger partial charge in [-0.1, -0.05) is 0 Å². The Kier molecular flexibility index (Phi) is 6.32. The Morgan fingerprint density at radius 3 is 2.22 bits per heavy atom. The molecule has 0 spiro atoms. The maximum absolute atomic E-state index is 9.55. The highest BCUT2D eigenvalue weighted by molar-refractivity contribution is 5.55. The minimum atomic E-state index is 0.102. The summed E-state index contributed by atoms with van der Waals surface area (Å²) < 4.78 is 5.07. The summed E-state index contributed by atoms with van der Waals surface area (Å²) in [5.41, 5.74) is 0.909. The molecule has 0 unspecified atom stereocenters. The summed E-state index contributed by atoms with van der Waals surface area (Å²) in [7, 11) is 1.50. The lowest BCUT2D eigenvalue weighted by Gasteiger charge is -2.25. The second-order valence-electron chi connectivity index (χ2n) is 4.00. The molecule has 0 fully saturated rings. The minimum Gasteiger partial charge on any atom is -0.504 e. The fourth-order valence-electron chi connectivity index (χ4n) is 1.76. The van der Waals surface area contributed by atoms with E-state index in [0.717, 1.165) is 5.69 Å². The summed E-state index contributed by atoms with van der Waals surface area (Å²) in [4.78, 5) is 2.05. The van der Waals surface area contributed by atoms with Crippen LogP contribution in [0, 0.1) is 0 Å². The minimum absolute atomic E-state index is 0.102. The van der Waals surface area contributed by atoms with Crippen molar-refractivity contribution in [2.45, 2.75) is 12.8 Å². The Hall–Kier alpha value is -1.46. The van der Waals surface area contributed by atoms with E-state index in [-0.39, 0.29) is 19.0 Å². The van der Waals surface area contributed by atoms with Gasteiger partial charge in [-0.25, -0.2) is 0 Å². The Balaban J connectivity index is 2.82. The summed E-state index contributed by atoms with van der Waals surface area (Å²) in [5.74, 6) is 0.524. The molecule has 0 saturated heterocycles. The summed E-state index contributed by atoms with van der Waals surface area (Å²) >= 11 is 0. The van der Waals surface area contributed by atoms with Gasteiger partial charge in [-0.15, -0.1) is 0 Å². The number of hydrogen-bond donors (Lipinski definition) is 3. The van der Waals surface area contributed by atoms with Crippen LogP contribution in [0.15, 0.2) is 18.2 Å². The average molecular weight is 255 g/mol. The van der Waals surface area contributed by atoms with E-state index in [1.807, 2.05) is 0 Å². The van der Waals surface area contributed by atoms with Crippen LogP contribution in [0.3, 0.4) is 0 Å². The second kappa shape index (κ2) is 7.79. The van der Waals surface area contributed by atoms with Gasteiger partial charge in [-0.3, -0.25) is 0 Å². The van der Waals surface area contributed by atoms with Gasteiger partial charge in [0.25, 0.3) is 0 Å². The molecule has 0 bridgehead atoms. The Morgan fingerprint density at radius 2 is 1.72 bits per heavy atom. The van der Waals surface area contributed by atoms with E-state index in [0.29, 0.717) is 31.7 Å². The van der Waals surface area contributed by atoms with Gasteiger partial charge in [-0.05, 0) is 25.0 Å². The van der Waals surface area contributed by atoms with Crippen LogP contribution >= 0.6 is 0 Å². The van der Waals surface area contributed by atoms with Crippen molar-refractivity contribution in [3.8, 4) is 11.5 Å². The molecule has 0 aromatic heterocycles. The third-order valence-electron chi connectivity index (χ3n) is 2.70. The number of anilines is 1. The number of aromatic hydroxyl groups is 1. The fraction of sp³-hybridized carbons (Fsp3) is 0.538. The zero-order valence-electron chi connectivity index (χ0n) is 10.7. The van der Waals surface area contributed by atoms with Crippen molar-refractivity contribution in [2.24, 2.45) is 0 Å². The summed E-state index contributed by atoms with van der Waals surface area (Å²) in [6.07, 6.45) is 1.32. The molecule has 0 heterocycles. The monoisotopic (exact) mass is 255 g/mol. The highest BCUT2D eigenvalue weighted by atomic mass is 16.5. The van der Waals surface area contributed by atoms with Gasteiger partial charge in [0.15, 0.2) is 11.5 Å². The normalized spacial score (nSPS) is 10.4. The zero-order chi connectivity index (χ0) is 13.4. The molecule has 3 N–H and O–H groups in total. The summed E-state index contributed by atoms with van der Waals surface area (Å²) in [6.45, 7) is 1.66. The van der Waals surface area contributed by atoms with Crippen molar-refractivity contribution in [1.29, 1.82) is 0 Å². The second-order valence-corrected chi connectivity index (χ2v) is 4.00. The Bertz CT molecular complexity index is 349. The van der Waals surface area contributed by atoms with E-state index in [4.69, 9.17) is 14.9 Å². The number of phenols is 1. The quantitative estimate of drug-likeness (QED) is 0.645. The molecule has 0 radical (unpaired) electrons. The molecule has 5 nitrogen and oxygen atoms in total. The van der Waals surface area contributed by atoms with Crippen LogP contribution in [0.25, 0.3) is 0 Å². The number of benzene rings is 1. The molecule has 1 rings (SSSR count). The number of aliphatic hydroxyl groups excluding tert-OH is 2. The number of ether oxygens (including phenoxy) is 1. The lowest BCUT2D eigenvalue weighted by Crippen LogP contribution is -2.26. The lowest BCUT2D eigenvalue weighted by atomic mass is 10.2. The van der Waals surface area contributed by atoms with Gasteiger partial charge in [0.1, 0.15) is 0 Å².